The van der Waals surface area contributed by atoms with Gasteiger partial charge in [0.25, 0.3) is 0 Å². The Kier molecular flexibility index (Phi) is 2.36. The van der Waals surface area contributed by atoms with Gasteiger partial charge in [0, 0.05) is 24.7 Å². The molecule has 0 radical (unpaired) electrons. The minimum Gasteiger partial charge on any atom is -0.383 e. The third-order valence-corrected chi connectivity index (χ3v) is 2.76. The summed E-state index contributed by atoms with van der Waals surface area (Å²) in [6.07, 6.45) is 0. The topological polar surface area (TPSA) is 93.1 Å². The normalized spacial score (nSPS) is 16.5. The first-order valence-corrected chi connectivity index (χ1v) is 4.93. The molecule has 0 aliphatic carbocycles. The van der Waals surface area contributed by atoms with Gasteiger partial charge in [-0.25, -0.2) is 0 Å². The maximum atomic E-state index is 5.73. The van der Waals surface area contributed by atoms with Crippen LogP contribution in [0, 0.1) is 6.92 Å². The molecule has 0 atom stereocenters. The minimum absolute atomic E-state index is 0.237. The average molecular weight is 208 g/mol. The fraction of sp³-hybridized carbons (Fsp3) is 0.556. The lowest BCUT2D eigenvalue weighted by Crippen LogP contribution is -2.57. The number of nitrogens with two attached hydrogens (primary N) is 2. The third kappa shape index (κ3) is 1.68. The highest BCUT2D eigenvalue weighted by atomic mass is 15.3. The summed E-state index contributed by atoms with van der Waals surface area (Å²) in [5.74, 6) is 1.55. The lowest BCUT2D eigenvalue weighted by molar-refractivity contribution is 0.446. The van der Waals surface area contributed by atoms with Crippen LogP contribution in [0.25, 0.3) is 0 Å². The van der Waals surface area contributed by atoms with Crippen molar-refractivity contribution in [3.8, 4) is 0 Å². The van der Waals surface area contributed by atoms with Crippen molar-refractivity contribution in [3.05, 3.63) is 5.56 Å². The number of nitrogens with zero attached hydrogens (tertiary/aromatic N) is 3. The van der Waals surface area contributed by atoms with Gasteiger partial charge < -0.3 is 21.7 Å². The molecule has 0 bridgehead atoms. The van der Waals surface area contributed by atoms with E-state index in [0.717, 1.165) is 24.5 Å². The van der Waals surface area contributed by atoms with E-state index in [1.807, 2.05) is 14.0 Å². The van der Waals surface area contributed by atoms with Crippen LogP contribution in [0.1, 0.15) is 5.56 Å². The highest BCUT2D eigenvalue weighted by molar-refractivity contribution is 5.60. The highest BCUT2D eigenvalue weighted by Gasteiger charge is 2.28. The number of nitrogens with one attached hydrogen (secondary N) is 1. The zero-order valence-electron chi connectivity index (χ0n) is 8.99. The van der Waals surface area contributed by atoms with Crippen molar-refractivity contribution in [3.63, 3.8) is 0 Å². The number of anilines is 3. The van der Waals surface area contributed by atoms with Crippen molar-refractivity contribution in [2.24, 2.45) is 0 Å². The van der Waals surface area contributed by atoms with E-state index in [0.29, 0.717) is 11.9 Å². The maximum Gasteiger partial charge on any atom is 0.223 e. The first-order chi connectivity index (χ1) is 7.11. The molecule has 1 saturated heterocycles. The molecule has 0 saturated carbocycles. The molecule has 1 aliphatic rings. The van der Waals surface area contributed by atoms with E-state index in [1.165, 1.54) is 0 Å². The summed E-state index contributed by atoms with van der Waals surface area (Å²) in [5, 5.41) is 3.20. The summed E-state index contributed by atoms with van der Waals surface area (Å²) in [4.78, 5) is 10.3. The van der Waals surface area contributed by atoms with E-state index in [4.69, 9.17) is 11.5 Å². The van der Waals surface area contributed by atoms with Crippen molar-refractivity contribution in [1.82, 2.24) is 15.3 Å². The summed E-state index contributed by atoms with van der Waals surface area (Å²) in [7, 11) is 1.96. The van der Waals surface area contributed by atoms with E-state index in [-0.39, 0.29) is 5.95 Å². The second kappa shape index (κ2) is 3.54. The number of hydrogen-bond acceptors (Lipinski definition) is 6. The van der Waals surface area contributed by atoms with Crippen molar-refractivity contribution in [2.45, 2.75) is 13.0 Å². The molecular weight excluding hydrogens is 192 g/mol. The van der Waals surface area contributed by atoms with Crippen LogP contribution >= 0.6 is 0 Å². The van der Waals surface area contributed by atoms with Gasteiger partial charge in [-0.1, -0.05) is 0 Å². The second-order valence-electron chi connectivity index (χ2n) is 3.81. The predicted octanol–water partition coefficient (Wildman–Crippen LogP) is -0.643. The van der Waals surface area contributed by atoms with Crippen LogP contribution in [0.3, 0.4) is 0 Å². The average Bonchev–Trinajstić information content (AvgIpc) is 2.11. The van der Waals surface area contributed by atoms with Crippen molar-refractivity contribution in [2.75, 3.05) is 36.5 Å². The van der Waals surface area contributed by atoms with E-state index in [2.05, 4.69) is 20.2 Å². The van der Waals surface area contributed by atoms with Crippen LogP contribution in [-0.4, -0.2) is 36.1 Å². The molecule has 0 aromatic carbocycles. The van der Waals surface area contributed by atoms with Gasteiger partial charge in [-0.05, 0) is 14.0 Å². The molecule has 15 heavy (non-hydrogen) atoms. The van der Waals surface area contributed by atoms with Crippen LogP contribution in [0.5, 0.6) is 0 Å². The number of rotatable bonds is 2. The Hall–Kier alpha value is -1.56. The molecule has 0 spiro atoms. The number of hydrogen-bond donors (Lipinski definition) is 3. The summed E-state index contributed by atoms with van der Waals surface area (Å²) < 4.78 is 0. The predicted molar refractivity (Wildman–Crippen MR) is 60.7 cm³/mol. The van der Waals surface area contributed by atoms with E-state index in [9.17, 15) is 0 Å². The van der Waals surface area contributed by atoms with E-state index in [1.54, 1.807) is 0 Å². The van der Waals surface area contributed by atoms with Crippen molar-refractivity contribution in [1.29, 1.82) is 0 Å². The monoisotopic (exact) mass is 208 g/mol. The lowest BCUT2D eigenvalue weighted by Gasteiger charge is -2.40. The first-order valence-electron chi connectivity index (χ1n) is 4.93. The molecule has 2 heterocycles. The largest absolute Gasteiger partial charge is 0.383 e. The molecule has 1 aromatic heterocycles. The van der Waals surface area contributed by atoms with Gasteiger partial charge in [0.15, 0.2) is 0 Å². The molecular formula is C9H16N6. The molecule has 82 valence electrons. The zero-order valence-corrected chi connectivity index (χ0v) is 8.99. The molecule has 6 heteroatoms. The van der Waals surface area contributed by atoms with Crippen LogP contribution in [0.15, 0.2) is 0 Å². The number of nitrogen functional groups attached to an aromatic ring is 2. The molecule has 1 aliphatic heterocycles. The van der Waals surface area contributed by atoms with Gasteiger partial charge in [0.2, 0.25) is 5.95 Å². The van der Waals surface area contributed by atoms with Crippen LogP contribution < -0.4 is 21.7 Å². The summed E-state index contributed by atoms with van der Waals surface area (Å²) >= 11 is 0. The van der Waals surface area contributed by atoms with E-state index >= 15 is 0 Å². The Morgan fingerprint density at radius 2 is 2.00 bits per heavy atom. The Morgan fingerprint density at radius 3 is 2.60 bits per heavy atom. The van der Waals surface area contributed by atoms with Gasteiger partial charge in [0.05, 0.1) is 0 Å². The molecule has 1 aromatic rings. The van der Waals surface area contributed by atoms with Gasteiger partial charge in [-0.2, -0.15) is 9.97 Å². The quantitative estimate of drug-likeness (QED) is 0.598. The summed E-state index contributed by atoms with van der Waals surface area (Å²) in [6.45, 7) is 3.79. The molecule has 2 rings (SSSR count). The SMILES string of the molecule is CNC1CN(c2nc(N)nc(N)c2C)C1. The number of aromatic nitrogens is 2. The van der Waals surface area contributed by atoms with Gasteiger partial charge in [-0.15, -0.1) is 0 Å². The van der Waals surface area contributed by atoms with Crippen LogP contribution in [0.2, 0.25) is 0 Å². The Morgan fingerprint density at radius 1 is 1.33 bits per heavy atom. The van der Waals surface area contributed by atoms with Crippen molar-refractivity contribution >= 4 is 17.6 Å². The maximum absolute atomic E-state index is 5.73. The van der Waals surface area contributed by atoms with Crippen molar-refractivity contribution < 1.29 is 0 Å². The molecule has 0 unspecified atom stereocenters. The Balaban J connectivity index is 2.22. The lowest BCUT2D eigenvalue weighted by atomic mass is 10.1. The molecule has 1 fully saturated rings. The van der Waals surface area contributed by atoms with Gasteiger partial charge >= 0.3 is 0 Å². The smallest absolute Gasteiger partial charge is 0.223 e. The standard InChI is InChI=1S/C9H16N6/c1-5-7(10)13-9(11)14-8(5)15-3-6(4-15)12-2/h6,12H,3-4H2,1-2H3,(H4,10,11,13,14). The fourth-order valence-corrected chi connectivity index (χ4v) is 1.68. The third-order valence-electron chi connectivity index (χ3n) is 2.76. The summed E-state index contributed by atoms with van der Waals surface area (Å²) in [5.41, 5.74) is 12.2. The second-order valence-corrected chi connectivity index (χ2v) is 3.81. The number of likely N-dealkylation sites (N-methyl/N-ethyl adjacent to an activating group) is 1. The minimum atomic E-state index is 0.237. The van der Waals surface area contributed by atoms with Crippen LogP contribution in [0.4, 0.5) is 17.6 Å². The van der Waals surface area contributed by atoms with Gasteiger partial charge in [0.1, 0.15) is 11.6 Å². The molecule has 6 nitrogen and oxygen atoms in total. The summed E-state index contributed by atoms with van der Waals surface area (Å²) in [6, 6.07) is 0.529. The fourth-order valence-electron chi connectivity index (χ4n) is 1.68. The van der Waals surface area contributed by atoms with E-state index < -0.39 is 0 Å². The Bertz CT molecular complexity index is 371. The first kappa shape index (κ1) is 9.97. The zero-order chi connectivity index (χ0) is 11.0. The van der Waals surface area contributed by atoms with Crippen LogP contribution in [-0.2, 0) is 0 Å². The molecule has 0 amide bonds. The highest BCUT2D eigenvalue weighted by Crippen LogP contribution is 2.25. The Labute approximate surface area is 88.7 Å². The van der Waals surface area contributed by atoms with Gasteiger partial charge in [-0.3, -0.25) is 0 Å². The molecule has 5 N–H and O–H groups in total.